The standard InChI is InChI=1S/C15H23NO/c1-2-3-11-17-15-6-4-5-14(12-15)13-7-9-16-10-8-13/h4-6,12-13,16H,2-3,7-11H2,1H3. The first-order chi connectivity index (χ1) is 8.40. The first-order valence-electron chi connectivity index (χ1n) is 6.83. The summed E-state index contributed by atoms with van der Waals surface area (Å²) in [7, 11) is 0. The number of piperidine rings is 1. The molecule has 0 aromatic heterocycles. The van der Waals surface area contributed by atoms with Gasteiger partial charge >= 0.3 is 0 Å². The van der Waals surface area contributed by atoms with Crippen molar-refractivity contribution in [2.24, 2.45) is 0 Å². The van der Waals surface area contributed by atoms with E-state index in [4.69, 9.17) is 4.74 Å². The summed E-state index contributed by atoms with van der Waals surface area (Å²) in [4.78, 5) is 0. The van der Waals surface area contributed by atoms with Crippen molar-refractivity contribution in [1.82, 2.24) is 5.32 Å². The molecule has 1 aromatic rings. The Labute approximate surface area is 104 Å². The minimum absolute atomic E-state index is 0.714. The minimum atomic E-state index is 0.714. The lowest BCUT2D eigenvalue weighted by atomic mass is 9.90. The Kier molecular flexibility index (Phi) is 4.87. The van der Waals surface area contributed by atoms with Crippen molar-refractivity contribution in [3.63, 3.8) is 0 Å². The van der Waals surface area contributed by atoms with Crippen LogP contribution in [0.4, 0.5) is 0 Å². The lowest BCUT2D eigenvalue weighted by Crippen LogP contribution is -2.26. The van der Waals surface area contributed by atoms with Gasteiger partial charge in [0.05, 0.1) is 6.61 Å². The van der Waals surface area contributed by atoms with E-state index in [0.29, 0.717) is 5.92 Å². The van der Waals surface area contributed by atoms with Crippen LogP contribution in [0.3, 0.4) is 0 Å². The number of benzene rings is 1. The first kappa shape index (κ1) is 12.4. The molecule has 94 valence electrons. The molecule has 1 aromatic carbocycles. The van der Waals surface area contributed by atoms with Crippen LogP contribution in [0.5, 0.6) is 5.75 Å². The van der Waals surface area contributed by atoms with Gasteiger partial charge in [0.2, 0.25) is 0 Å². The summed E-state index contributed by atoms with van der Waals surface area (Å²) in [6.07, 6.45) is 4.82. The molecule has 2 rings (SSSR count). The van der Waals surface area contributed by atoms with E-state index in [0.717, 1.165) is 31.9 Å². The number of hydrogen-bond donors (Lipinski definition) is 1. The largest absolute Gasteiger partial charge is 0.494 e. The Morgan fingerprint density at radius 1 is 1.29 bits per heavy atom. The molecule has 0 atom stereocenters. The van der Waals surface area contributed by atoms with Gasteiger partial charge in [0.1, 0.15) is 5.75 Å². The topological polar surface area (TPSA) is 21.3 Å². The van der Waals surface area contributed by atoms with Crippen LogP contribution in [0.15, 0.2) is 24.3 Å². The third-order valence-corrected chi connectivity index (χ3v) is 3.44. The summed E-state index contributed by atoms with van der Waals surface area (Å²) in [6.45, 7) is 5.32. The van der Waals surface area contributed by atoms with Crippen LogP contribution in [0.25, 0.3) is 0 Å². The van der Waals surface area contributed by atoms with Gasteiger partial charge < -0.3 is 10.1 Å². The Morgan fingerprint density at radius 2 is 2.12 bits per heavy atom. The van der Waals surface area contributed by atoms with Crippen molar-refractivity contribution < 1.29 is 4.74 Å². The van der Waals surface area contributed by atoms with Gasteiger partial charge in [-0.2, -0.15) is 0 Å². The molecule has 0 amide bonds. The maximum atomic E-state index is 5.76. The highest BCUT2D eigenvalue weighted by molar-refractivity contribution is 5.31. The van der Waals surface area contributed by atoms with Crippen LogP contribution in [0, 0.1) is 0 Å². The van der Waals surface area contributed by atoms with Gasteiger partial charge in [-0.3, -0.25) is 0 Å². The molecule has 2 heteroatoms. The monoisotopic (exact) mass is 233 g/mol. The molecule has 1 aliphatic heterocycles. The molecule has 17 heavy (non-hydrogen) atoms. The quantitative estimate of drug-likeness (QED) is 0.788. The lowest BCUT2D eigenvalue weighted by Gasteiger charge is -2.23. The second-order valence-electron chi connectivity index (χ2n) is 4.80. The predicted molar refractivity (Wildman–Crippen MR) is 71.7 cm³/mol. The van der Waals surface area contributed by atoms with Gasteiger partial charge in [-0.1, -0.05) is 25.5 Å². The van der Waals surface area contributed by atoms with Crippen molar-refractivity contribution in [2.45, 2.75) is 38.5 Å². The van der Waals surface area contributed by atoms with Crippen LogP contribution in [0.1, 0.15) is 44.1 Å². The smallest absolute Gasteiger partial charge is 0.119 e. The highest BCUT2D eigenvalue weighted by atomic mass is 16.5. The van der Waals surface area contributed by atoms with Crippen molar-refractivity contribution in [3.05, 3.63) is 29.8 Å². The minimum Gasteiger partial charge on any atom is -0.494 e. The molecule has 1 aliphatic rings. The summed E-state index contributed by atoms with van der Waals surface area (Å²) in [5, 5.41) is 3.41. The fourth-order valence-corrected chi connectivity index (χ4v) is 2.35. The third kappa shape index (κ3) is 3.74. The van der Waals surface area contributed by atoms with E-state index in [2.05, 4.69) is 36.5 Å². The molecule has 1 saturated heterocycles. The van der Waals surface area contributed by atoms with Crippen molar-refractivity contribution >= 4 is 0 Å². The number of unbranched alkanes of at least 4 members (excludes halogenated alkanes) is 1. The van der Waals surface area contributed by atoms with E-state index in [-0.39, 0.29) is 0 Å². The van der Waals surface area contributed by atoms with Crippen LogP contribution >= 0.6 is 0 Å². The number of rotatable bonds is 5. The second kappa shape index (κ2) is 6.65. The Hall–Kier alpha value is -1.02. The highest BCUT2D eigenvalue weighted by Crippen LogP contribution is 2.27. The van der Waals surface area contributed by atoms with E-state index in [1.54, 1.807) is 0 Å². The Morgan fingerprint density at radius 3 is 2.88 bits per heavy atom. The Bertz CT molecular complexity index is 331. The maximum absolute atomic E-state index is 5.76. The van der Waals surface area contributed by atoms with Gasteiger partial charge in [-0.05, 0) is 56.0 Å². The van der Waals surface area contributed by atoms with E-state index >= 15 is 0 Å². The molecule has 0 unspecified atom stereocenters. The summed E-state index contributed by atoms with van der Waals surface area (Å²) in [5.41, 5.74) is 1.44. The normalized spacial score (nSPS) is 17.0. The molecule has 2 nitrogen and oxygen atoms in total. The van der Waals surface area contributed by atoms with E-state index in [9.17, 15) is 0 Å². The zero-order valence-corrected chi connectivity index (χ0v) is 10.7. The molecule has 1 heterocycles. The summed E-state index contributed by atoms with van der Waals surface area (Å²) < 4.78 is 5.76. The molecule has 0 aliphatic carbocycles. The van der Waals surface area contributed by atoms with Crippen molar-refractivity contribution in [1.29, 1.82) is 0 Å². The third-order valence-electron chi connectivity index (χ3n) is 3.44. The molecular weight excluding hydrogens is 210 g/mol. The average Bonchev–Trinajstić information content (AvgIpc) is 2.41. The lowest BCUT2D eigenvalue weighted by molar-refractivity contribution is 0.308. The molecule has 0 spiro atoms. The maximum Gasteiger partial charge on any atom is 0.119 e. The molecule has 0 saturated carbocycles. The predicted octanol–water partition coefficient (Wildman–Crippen LogP) is 3.33. The fraction of sp³-hybridized carbons (Fsp3) is 0.600. The van der Waals surface area contributed by atoms with Gasteiger partial charge in [-0.25, -0.2) is 0 Å². The average molecular weight is 233 g/mol. The van der Waals surface area contributed by atoms with Crippen LogP contribution in [-0.2, 0) is 0 Å². The molecule has 1 fully saturated rings. The molecule has 0 bridgehead atoms. The van der Waals surface area contributed by atoms with Gasteiger partial charge in [0.15, 0.2) is 0 Å². The highest BCUT2D eigenvalue weighted by Gasteiger charge is 2.15. The molecule has 1 N–H and O–H groups in total. The Balaban J connectivity index is 1.95. The second-order valence-corrected chi connectivity index (χ2v) is 4.80. The number of nitrogens with one attached hydrogen (secondary N) is 1. The first-order valence-corrected chi connectivity index (χ1v) is 6.83. The van der Waals surface area contributed by atoms with Gasteiger partial charge in [0.25, 0.3) is 0 Å². The molecule has 0 radical (unpaired) electrons. The van der Waals surface area contributed by atoms with Crippen molar-refractivity contribution in [2.75, 3.05) is 19.7 Å². The SMILES string of the molecule is CCCCOc1cccc(C2CCNCC2)c1. The molecular formula is C15H23NO. The van der Waals surface area contributed by atoms with Crippen LogP contribution < -0.4 is 10.1 Å². The zero-order valence-electron chi connectivity index (χ0n) is 10.7. The van der Waals surface area contributed by atoms with Crippen LogP contribution in [0.2, 0.25) is 0 Å². The summed E-state index contributed by atoms with van der Waals surface area (Å²) in [5.74, 6) is 1.75. The summed E-state index contributed by atoms with van der Waals surface area (Å²) >= 11 is 0. The van der Waals surface area contributed by atoms with E-state index in [1.807, 2.05) is 0 Å². The van der Waals surface area contributed by atoms with E-state index in [1.165, 1.54) is 24.8 Å². The van der Waals surface area contributed by atoms with Crippen molar-refractivity contribution in [3.8, 4) is 5.75 Å². The van der Waals surface area contributed by atoms with Crippen LogP contribution in [-0.4, -0.2) is 19.7 Å². The zero-order chi connectivity index (χ0) is 11.9. The van der Waals surface area contributed by atoms with Gasteiger partial charge in [0, 0.05) is 0 Å². The van der Waals surface area contributed by atoms with Gasteiger partial charge in [-0.15, -0.1) is 0 Å². The number of hydrogen-bond acceptors (Lipinski definition) is 2. The summed E-state index contributed by atoms with van der Waals surface area (Å²) in [6, 6.07) is 8.66. The fourth-order valence-electron chi connectivity index (χ4n) is 2.35. The number of ether oxygens (including phenoxy) is 1. The van der Waals surface area contributed by atoms with E-state index < -0.39 is 0 Å².